The summed E-state index contributed by atoms with van der Waals surface area (Å²) in [6.07, 6.45) is -5.50. The van der Waals surface area contributed by atoms with Gasteiger partial charge in [0.1, 0.15) is 5.75 Å². The van der Waals surface area contributed by atoms with E-state index in [1.165, 1.54) is 12.1 Å². The molecule has 0 bridgehead atoms. The third kappa shape index (κ3) is 5.27. The number of rotatable bonds is 5. The summed E-state index contributed by atoms with van der Waals surface area (Å²) in [5.41, 5.74) is 1.62. The molecule has 1 amide bonds. The van der Waals surface area contributed by atoms with E-state index in [1.807, 2.05) is 0 Å². The van der Waals surface area contributed by atoms with Crippen molar-refractivity contribution in [2.75, 3.05) is 5.32 Å². The number of nitrogens with one attached hydrogen (secondary N) is 1. The molecule has 2 aromatic rings. The highest BCUT2D eigenvalue weighted by Crippen LogP contribution is 2.24. The average Bonchev–Trinajstić information content (AvgIpc) is 2.48. The Kier molecular flexibility index (Phi) is 5.46. The van der Waals surface area contributed by atoms with Crippen LogP contribution in [0.3, 0.4) is 0 Å². The molecule has 0 aliphatic carbocycles. The molecule has 2 rings (SSSR count). The molecule has 0 saturated heterocycles. The lowest BCUT2D eigenvalue weighted by molar-refractivity contribution is -0.274. The minimum atomic E-state index is -4.75. The van der Waals surface area contributed by atoms with Crippen LogP contribution in [0.15, 0.2) is 48.5 Å². The van der Waals surface area contributed by atoms with Gasteiger partial charge in [-0.2, -0.15) is 0 Å². The van der Waals surface area contributed by atoms with Gasteiger partial charge in [-0.05, 0) is 30.7 Å². The molecule has 4 nitrogen and oxygen atoms in total. The second-order valence-corrected chi connectivity index (χ2v) is 5.18. The molecular formula is C17H16F3NO3. The van der Waals surface area contributed by atoms with Crippen LogP contribution in [0.25, 0.3) is 0 Å². The number of halogens is 3. The number of ether oxygens (including phenoxy) is 1. The van der Waals surface area contributed by atoms with Crippen LogP contribution in [0.4, 0.5) is 18.9 Å². The first-order valence-corrected chi connectivity index (χ1v) is 7.16. The van der Waals surface area contributed by atoms with Gasteiger partial charge in [-0.1, -0.05) is 30.3 Å². The quantitative estimate of drug-likeness (QED) is 0.871. The van der Waals surface area contributed by atoms with Gasteiger partial charge >= 0.3 is 6.36 Å². The maximum atomic E-state index is 12.1. The van der Waals surface area contributed by atoms with E-state index in [2.05, 4.69) is 10.1 Å². The number of alkyl halides is 3. The monoisotopic (exact) mass is 339 g/mol. The van der Waals surface area contributed by atoms with E-state index in [-0.39, 0.29) is 18.1 Å². The Labute approximate surface area is 136 Å². The molecule has 0 radical (unpaired) electrons. The molecule has 0 spiro atoms. The van der Waals surface area contributed by atoms with Crippen molar-refractivity contribution in [3.05, 3.63) is 59.7 Å². The van der Waals surface area contributed by atoms with Gasteiger partial charge in [-0.3, -0.25) is 4.79 Å². The Balaban J connectivity index is 2.00. The number of aliphatic hydroxyl groups is 1. The highest BCUT2D eigenvalue weighted by molar-refractivity contribution is 5.93. The summed E-state index contributed by atoms with van der Waals surface area (Å²) in [5, 5.41) is 12.4. The van der Waals surface area contributed by atoms with Crippen molar-refractivity contribution in [3.63, 3.8) is 0 Å². The molecule has 0 fully saturated rings. The normalized spacial score (nSPS) is 12.5. The average molecular weight is 339 g/mol. The first-order valence-electron chi connectivity index (χ1n) is 7.16. The molecule has 0 aromatic heterocycles. The van der Waals surface area contributed by atoms with E-state index < -0.39 is 12.5 Å². The summed E-state index contributed by atoms with van der Waals surface area (Å²) < 4.78 is 40.0. The van der Waals surface area contributed by atoms with Crippen molar-refractivity contribution in [2.45, 2.75) is 25.8 Å². The lowest BCUT2D eigenvalue weighted by Crippen LogP contribution is -2.17. The Hall–Kier alpha value is -2.54. The highest BCUT2D eigenvalue weighted by Gasteiger charge is 2.30. The fourth-order valence-electron chi connectivity index (χ4n) is 2.16. The van der Waals surface area contributed by atoms with Gasteiger partial charge in [-0.15, -0.1) is 13.2 Å². The van der Waals surface area contributed by atoms with Crippen molar-refractivity contribution in [1.29, 1.82) is 0 Å². The Bertz CT molecular complexity index is 697. The SMILES string of the molecule is CC(O)c1ccccc1NC(=O)Cc1ccc(OC(F)(F)F)cc1. The standard InChI is InChI=1S/C17H16F3NO3/c1-11(22)14-4-2-3-5-15(14)21-16(23)10-12-6-8-13(9-7-12)24-17(18,19)20/h2-9,11,22H,10H2,1H3,(H,21,23). The molecule has 0 heterocycles. The van der Waals surface area contributed by atoms with E-state index in [0.717, 1.165) is 12.1 Å². The topological polar surface area (TPSA) is 58.6 Å². The molecule has 0 aliphatic heterocycles. The molecule has 2 N–H and O–H groups in total. The van der Waals surface area contributed by atoms with Crippen LogP contribution in [-0.2, 0) is 11.2 Å². The Morgan fingerprint density at radius 1 is 1.17 bits per heavy atom. The highest BCUT2D eigenvalue weighted by atomic mass is 19.4. The second-order valence-electron chi connectivity index (χ2n) is 5.18. The van der Waals surface area contributed by atoms with Gasteiger partial charge in [0.25, 0.3) is 0 Å². The summed E-state index contributed by atoms with van der Waals surface area (Å²) in [7, 11) is 0. The maximum Gasteiger partial charge on any atom is 0.573 e. The number of carbonyl (C=O) groups excluding carboxylic acids is 1. The lowest BCUT2D eigenvalue weighted by atomic mass is 10.1. The minimum Gasteiger partial charge on any atom is -0.406 e. The van der Waals surface area contributed by atoms with Crippen molar-refractivity contribution >= 4 is 11.6 Å². The number of anilines is 1. The molecule has 128 valence electrons. The summed E-state index contributed by atoms with van der Waals surface area (Å²) >= 11 is 0. The smallest absolute Gasteiger partial charge is 0.406 e. The van der Waals surface area contributed by atoms with Crippen LogP contribution in [-0.4, -0.2) is 17.4 Å². The van der Waals surface area contributed by atoms with Gasteiger partial charge in [0.15, 0.2) is 0 Å². The summed E-state index contributed by atoms with van der Waals surface area (Å²) in [6, 6.07) is 11.9. The Morgan fingerprint density at radius 3 is 2.38 bits per heavy atom. The van der Waals surface area contributed by atoms with E-state index >= 15 is 0 Å². The van der Waals surface area contributed by atoms with Crippen molar-refractivity contribution < 1.29 is 27.8 Å². The fraction of sp³-hybridized carbons (Fsp3) is 0.235. The first kappa shape index (κ1) is 17.8. The zero-order valence-electron chi connectivity index (χ0n) is 12.8. The van der Waals surface area contributed by atoms with Gasteiger partial charge in [0.05, 0.1) is 12.5 Å². The number of aliphatic hydroxyl groups excluding tert-OH is 1. The van der Waals surface area contributed by atoms with E-state index in [9.17, 15) is 23.1 Å². The number of amides is 1. The molecule has 7 heteroatoms. The summed E-state index contributed by atoms with van der Waals surface area (Å²) in [4.78, 5) is 12.1. The molecule has 0 saturated carbocycles. The zero-order valence-corrected chi connectivity index (χ0v) is 12.8. The number of hydrogen-bond acceptors (Lipinski definition) is 3. The van der Waals surface area contributed by atoms with Gasteiger partial charge < -0.3 is 15.2 Å². The molecule has 1 unspecified atom stereocenters. The van der Waals surface area contributed by atoms with Crippen LogP contribution in [0, 0.1) is 0 Å². The molecule has 1 atom stereocenters. The third-order valence-electron chi connectivity index (χ3n) is 3.21. The Morgan fingerprint density at radius 2 is 1.79 bits per heavy atom. The molecule has 2 aromatic carbocycles. The molecule has 0 aliphatic rings. The minimum absolute atomic E-state index is 0.0135. The van der Waals surface area contributed by atoms with Crippen LogP contribution >= 0.6 is 0 Å². The predicted molar refractivity (Wildman–Crippen MR) is 82.5 cm³/mol. The summed E-state index contributed by atoms with van der Waals surface area (Å²) in [6.45, 7) is 1.59. The number of benzene rings is 2. The number of para-hydroxylation sites is 1. The van der Waals surface area contributed by atoms with Crippen molar-refractivity contribution in [3.8, 4) is 5.75 Å². The van der Waals surface area contributed by atoms with Crippen LogP contribution in [0.2, 0.25) is 0 Å². The zero-order chi connectivity index (χ0) is 17.7. The van der Waals surface area contributed by atoms with E-state index in [4.69, 9.17) is 0 Å². The summed E-state index contributed by atoms with van der Waals surface area (Å²) in [5.74, 6) is -0.682. The third-order valence-corrected chi connectivity index (χ3v) is 3.21. The fourth-order valence-corrected chi connectivity index (χ4v) is 2.16. The van der Waals surface area contributed by atoms with Crippen LogP contribution < -0.4 is 10.1 Å². The lowest BCUT2D eigenvalue weighted by Gasteiger charge is -2.13. The maximum absolute atomic E-state index is 12.1. The number of carbonyl (C=O) groups is 1. The number of hydrogen-bond donors (Lipinski definition) is 2. The second kappa shape index (κ2) is 7.35. The first-order chi connectivity index (χ1) is 11.2. The van der Waals surface area contributed by atoms with Crippen LogP contribution in [0.5, 0.6) is 5.75 Å². The molecule has 24 heavy (non-hydrogen) atoms. The largest absolute Gasteiger partial charge is 0.573 e. The predicted octanol–water partition coefficient (Wildman–Crippen LogP) is 3.82. The van der Waals surface area contributed by atoms with Gasteiger partial charge in [-0.25, -0.2) is 0 Å². The van der Waals surface area contributed by atoms with E-state index in [0.29, 0.717) is 16.8 Å². The van der Waals surface area contributed by atoms with E-state index in [1.54, 1.807) is 31.2 Å². The van der Waals surface area contributed by atoms with Crippen LogP contribution in [0.1, 0.15) is 24.2 Å². The van der Waals surface area contributed by atoms with Crippen molar-refractivity contribution in [2.24, 2.45) is 0 Å². The molecular weight excluding hydrogens is 323 g/mol. The van der Waals surface area contributed by atoms with Crippen molar-refractivity contribution in [1.82, 2.24) is 0 Å². The van der Waals surface area contributed by atoms with Gasteiger partial charge in [0, 0.05) is 11.3 Å². The van der Waals surface area contributed by atoms with Gasteiger partial charge in [0.2, 0.25) is 5.91 Å².